The molecule has 1 aliphatic carbocycles. The van der Waals surface area contributed by atoms with Crippen LogP contribution in [0.1, 0.15) is 35.5 Å². The summed E-state index contributed by atoms with van der Waals surface area (Å²) in [5.41, 5.74) is 0.558. The molecule has 110 valence electrons. The number of hydrogen-bond acceptors (Lipinski definition) is 4. The van der Waals surface area contributed by atoms with Gasteiger partial charge in [0.05, 0.1) is 11.3 Å². The average Bonchev–Trinajstić information content (AvgIpc) is 2.99. The quantitative estimate of drug-likeness (QED) is 0.880. The molecule has 0 fully saturated rings. The van der Waals surface area contributed by atoms with Gasteiger partial charge in [-0.05, 0) is 18.4 Å². The lowest BCUT2D eigenvalue weighted by Crippen LogP contribution is -2.25. The van der Waals surface area contributed by atoms with E-state index in [-0.39, 0.29) is 5.56 Å². The smallest absolute Gasteiger partial charge is 0.311 e. The molecule has 2 aromatic rings. The highest BCUT2D eigenvalue weighted by atomic mass is 32.1. The van der Waals surface area contributed by atoms with Gasteiger partial charge in [0.2, 0.25) is 0 Å². The van der Waals surface area contributed by atoms with E-state index in [4.69, 9.17) is 0 Å². The number of nitrogens with zero attached hydrogens (tertiary/aromatic N) is 2. The molecule has 3 rings (SSSR count). The molecule has 0 bridgehead atoms. The van der Waals surface area contributed by atoms with Crippen LogP contribution in [0.25, 0.3) is 10.2 Å². The highest BCUT2D eigenvalue weighted by Gasteiger charge is 2.34. The molecule has 1 atom stereocenters. The monoisotopic (exact) mass is 304 g/mol. The van der Waals surface area contributed by atoms with Gasteiger partial charge in [-0.2, -0.15) is 0 Å². The number of thiophene rings is 1. The SMILES string of the molecule is C=CCn1c(CC)nc2sc3c(c2c1=O)C(C(=O)O)CC3. The summed E-state index contributed by atoms with van der Waals surface area (Å²) in [7, 11) is 0. The molecular weight excluding hydrogens is 288 g/mol. The van der Waals surface area contributed by atoms with Gasteiger partial charge in [0, 0.05) is 17.8 Å². The van der Waals surface area contributed by atoms with Gasteiger partial charge in [-0.3, -0.25) is 14.2 Å². The van der Waals surface area contributed by atoms with Crippen molar-refractivity contribution in [3.05, 3.63) is 39.3 Å². The fraction of sp³-hybridized carbons (Fsp3) is 0.400. The van der Waals surface area contributed by atoms with Crippen molar-refractivity contribution >= 4 is 27.5 Å². The van der Waals surface area contributed by atoms with Crippen LogP contribution < -0.4 is 5.56 Å². The summed E-state index contributed by atoms with van der Waals surface area (Å²) < 4.78 is 1.60. The number of carbonyl (C=O) groups is 1. The van der Waals surface area contributed by atoms with E-state index in [0.717, 1.165) is 17.1 Å². The summed E-state index contributed by atoms with van der Waals surface area (Å²) >= 11 is 1.46. The summed E-state index contributed by atoms with van der Waals surface area (Å²) in [5, 5.41) is 9.86. The lowest BCUT2D eigenvalue weighted by molar-refractivity contribution is -0.138. The second kappa shape index (κ2) is 5.11. The van der Waals surface area contributed by atoms with Crippen LogP contribution in [0.2, 0.25) is 0 Å². The average molecular weight is 304 g/mol. The molecule has 1 unspecified atom stereocenters. The number of fused-ring (bicyclic) bond motifs is 3. The van der Waals surface area contributed by atoms with Crippen LogP contribution in [0.3, 0.4) is 0 Å². The lowest BCUT2D eigenvalue weighted by Gasteiger charge is -2.10. The zero-order valence-electron chi connectivity index (χ0n) is 11.8. The molecule has 1 N–H and O–H groups in total. The van der Waals surface area contributed by atoms with Crippen LogP contribution in [0.5, 0.6) is 0 Å². The Hall–Kier alpha value is -1.95. The number of aliphatic carboxylic acids is 1. The Morgan fingerprint density at radius 1 is 1.62 bits per heavy atom. The van der Waals surface area contributed by atoms with Crippen LogP contribution in [0.4, 0.5) is 0 Å². The maximum atomic E-state index is 12.8. The van der Waals surface area contributed by atoms with Crippen LogP contribution in [-0.2, 0) is 24.2 Å². The standard InChI is InChI=1S/C15H16N2O3S/c1-3-7-17-10(4-2)16-13-12(14(17)18)11-8(15(19)20)5-6-9(11)21-13/h3,8H,1,4-7H2,2H3,(H,19,20). The second-order valence-corrected chi connectivity index (χ2v) is 6.22. The minimum atomic E-state index is -0.859. The molecule has 0 amide bonds. The highest BCUT2D eigenvalue weighted by Crippen LogP contribution is 2.42. The molecule has 0 radical (unpaired) electrons. The predicted octanol–water partition coefficient (Wildman–Crippen LogP) is 2.32. The highest BCUT2D eigenvalue weighted by molar-refractivity contribution is 7.18. The molecule has 0 spiro atoms. The van der Waals surface area contributed by atoms with Crippen molar-refractivity contribution in [3.8, 4) is 0 Å². The third kappa shape index (κ3) is 2.01. The van der Waals surface area contributed by atoms with Crippen LogP contribution in [0.15, 0.2) is 17.4 Å². The topological polar surface area (TPSA) is 72.2 Å². The summed E-state index contributed by atoms with van der Waals surface area (Å²) in [4.78, 5) is 30.4. The Morgan fingerprint density at radius 2 is 2.38 bits per heavy atom. The minimum Gasteiger partial charge on any atom is -0.481 e. The third-order valence-electron chi connectivity index (χ3n) is 3.94. The second-order valence-electron chi connectivity index (χ2n) is 5.13. The van der Waals surface area contributed by atoms with Gasteiger partial charge >= 0.3 is 5.97 Å². The maximum absolute atomic E-state index is 12.8. The van der Waals surface area contributed by atoms with Crippen molar-refractivity contribution in [1.82, 2.24) is 9.55 Å². The zero-order valence-corrected chi connectivity index (χ0v) is 12.6. The number of carboxylic acids is 1. The number of hydrogen-bond donors (Lipinski definition) is 1. The van der Waals surface area contributed by atoms with Crippen molar-refractivity contribution in [2.24, 2.45) is 0 Å². The minimum absolute atomic E-state index is 0.137. The van der Waals surface area contributed by atoms with Crippen molar-refractivity contribution in [2.45, 2.75) is 38.6 Å². The van der Waals surface area contributed by atoms with E-state index in [1.807, 2.05) is 6.92 Å². The summed E-state index contributed by atoms with van der Waals surface area (Å²) in [5.74, 6) is -0.713. The first-order valence-corrected chi connectivity index (χ1v) is 7.78. The number of aromatic nitrogens is 2. The largest absolute Gasteiger partial charge is 0.481 e. The van der Waals surface area contributed by atoms with Gasteiger partial charge in [0.1, 0.15) is 10.7 Å². The van der Waals surface area contributed by atoms with Crippen LogP contribution in [0, 0.1) is 0 Å². The van der Waals surface area contributed by atoms with E-state index < -0.39 is 11.9 Å². The molecule has 5 nitrogen and oxygen atoms in total. The van der Waals surface area contributed by atoms with Crippen molar-refractivity contribution in [3.63, 3.8) is 0 Å². The molecule has 2 heterocycles. The first kappa shape index (κ1) is 14.0. The normalized spacial score (nSPS) is 17.1. The molecule has 0 aromatic carbocycles. The van der Waals surface area contributed by atoms with E-state index in [2.05, 4.69) is 11.6 Å². The Labute approximate surface area is 125 Å². The fourth-order valence-electron chi connectivity index (χ4n) is 3.00. The third-order valence-corrected chi connectivity index (χ3v) is 5.10. The van der Waals surface area contributed by atoms with Gasteiger partial charge in [-0.1, -0.05) is 13.0 Å². The number of aryl methyl sites for hydroxylation is 2. The predicted molar refractivity (Wildman–Crippen MR) is 82.2 cm³/mol. The van der Waals surface area contributed by atoms with Gasteiger partial charge in [0.15, 0.2) is 0 Å². The first-order valence-electron chi connectivity index (χ1n) is 6.97. The zero-order chi connectivity index (χ0) is 15.1. The Kier molecular flexibility index (Phi) is 3.41. The molecule has 1 aliphatic rings. The Bertz CT molecular complexity index is 803. The van der Waals surface area contributed by atoms with E-state index in [0.29, 0.717) is 35.2 Å². The fourth-order valence-corrected chi connectivity index (χ4v) is 4.26. The molecule has 6 heteroatoms. The molecule has 0 saturated heterocycles. The number of allylic oxidation sites excluding steroid dienone is 1. The lowest BCUT2D eigenvalue weighted by atomic mass is 10.0. The van der Waals surface area contributed by atoms with Gasteiger partial charge in [-0.15, -0.1) is 17.9 Å². The van der Waals surface area contributed by atoms with E-state index >= 15 is 0 Å². The van der Waals surface area contributed by atoms with E-state index in [1.54, 1.807) is 10.6 Å². The molecule has 0 saturated carbocycles. The van der Waals surface area contributed by atoms with Crippen LogP contribution in [-0.4, -0.2) is 20.6 Å². The number of carboxylic acid groups (broad SMARTS) is 1. The van der Waals surface area contributed by atoms with Crippen molar-refractivity contribution in [1.29, 1.82) is 0 Å². The Morgan fingerprint density at radius 3 is 3.00 bits per heavy atom. The molecule has 0 aliphatic heterocycles. The van der Waals surface area contributed by atoms with E-state index in [1.165, 1.54) is 11.3 Å². The summed E-state index contributed by atoms with van der Waals surface area (Å²) in [6, 6.07) is 0. The van der Waals surface area contributed by atoms with Gasteiger partial charge in [0.25, 0.3) is 5.56 Å². The van der Waals surface area contributed by atoms with Crippen molar-refractivity contribution in [2.75, 3.05) is 0 Å². The molecule has 2 aromatic heterocycles. The molecule has 21 heavy (non-hydrogen) atoms. The Balaban J connectivity index is 2.35. The van der Waals surface area contributed by atoms with Gasteiger partial charge < -0.3 is 5.11 Å². The van der Waals surface area contributed by atoms with Gasteiger partial charge in [-0.25, -0.2) is 4.98 Å². The van der Waals surface area contributed by atoms with Crippen LogP contribution >= 0.6 is 11.3 Å². The number of rotatable bonds is 4. The maximum Gasteiger partial charge on any atom is 0.311 e. The first-order chi connectivity index (χ1) is 10.1. The molecular formula is C15H16N2O3S. The summed E-state index contributed by atoms with van der Waals surface area (Å²) in [6.45, 7) is 6.03. The van der Waals surface area contributed by atoms with Crippen molar-refractivity contribution < 1.29 is 9.90 Å². The summed E-state index contributed by atoms with van der Waals surface area (Å²) in [6.07, 6.45) is 3.61. The van der Waals surface area contributed by atoms with E-state index in [9.17, 15) is 14.7 Å².